The number of carbonyl (C=O) groups excluding carboxylic acids is 1. The minimum absolute atomic E-state index is 0.0965. The van der Waals surface area contributed by atoms with E-state index in [1.165, 1.54) is 18.2 Å². The molecule has 1 aliphatic rings. The first-order chi connectivity index (χ1) is 14.1. The molecule has 1 unspecified atom stereocenters. The summed E-state index contributed by atoms with van der Waals surface area (Å²) in [6.07, 6.45) is 6.74. The highest BCUT2D eigenvalue weighted by molar-refractivity contribution is 7.99. The summed E-state index contributed by atoms with van der Waals surface area (Å²) in [5.41, 5.74) is 1.48. The third kappa shape index (κ3) is 4.34. The number of aromatic nitrogens is 3. The van der Waals surface area contributed by atoms with Crippen LogP contribution in [0.2, 0.25) is 0 Å². The zero-order valence-electron chi connectivity index (χ0n) is 16.5. The number of likely N-dealkylation sites (tertiary alicyclic amines) is 1. The number of hydrogen-bond donors (Lipinski definition) is 0. The molecular weight excluding hydrogens is 384 g/mol. The second-order valence-corrected chi connectivity index (χ2v) is 8.33. The zero-order chi connectivity index (χ0) is 20.2. The fourth-order valence-electron chi connectivity index (χ4n) is 3.75. The van der Waals surface area contributed by atoms with Crippen LogP contribution in [0.25, 0.3) is 10.9 Å². The van der Waals surface area contributed by atoms with Gasteiger partial charge in [-0.2, -0.15) is 0 Å². The number of thioether (sulfide) groups is 1. The van der Waals surface area contributed by atoms with Crippen molar-refractivity contribution in [2.75, 3.05) is 12.3 Å². The second-order valence-electron chi connectivity index (χ2n) is 7.38. The van der Waals surface area contributed by atoms with Crippen LogP contribution in [0.1, 0.15) is 31.7 Å². The summed E-state index contributed by atoms with van der Waals surface area (Å²) in [5.74, 6) is 0.389. The van der Waals surface area contributed by atoms with Gasteiger partial charge in [0.05, 0.1) is 23.2 Å². The lowest BCUT2D eigenvalue weighted by Gasteiger charge is -2.33. The van der Waals surface area contributed by atoms with Crippen molar-refractivity contribution < 1.29 is 4.79 Å². The number of para-hydroxylation sites is 1. The molecule has 0 bridgehead atoms. The van der Waals surface area contributed by atoms with Crippen molar-refractivity contribution in [3.63, 3.8) is 0 Å². The minimum Gasteiger partial charge on any atom is -0.339 e. The van der Waals surface area contributed by atoms with Crippen LogP contribution in [0.3, 0.4) is 0 Å². The van der Waals surface area contributed by atoms with Crippen LogP contribution in [-0.2, 0) is 11.3 Å². The van der Waals surface area contributed by atoms with Crippen molar-refractivity contribution in [1.82, 2.24) is 19.4 Å². The van der Waals surface area contributed by atoms with Crippen molar-refractivity contribution in [2.45, 2.75) is 43.9 Å². The molecule has 29 heavy (non-hydrogen) atoms. The highest BCUT2D eigenvalue weighted by Crippen LogP contribution is 2.22. The average Bonchev–Trinajstić information content (AvgIpc) is 2.75. The van der Waals surface area contributed by atoms with Crippen molar-refractivity contribution in [3.05, 3.63) is 64.7 Å². The Morgan fingerprint density at radius 3 is 2.86 bits per heavy atom. The number of carbonyl (C=O) groups is 1. The summed E-state index contributed by atoms with van der Waals surface area (Å²) in [6, 6.07) is 11.4. The lowest BCUT2D eigenvalue weighted by Crippen LogP contribution is -2.43. The summed E-state index contributed by atoms with van der Waals surface area (Å²) >= 11 is 1.34. The van der Waals surface area contributed by atoms with E-state index in [1.54, 1.807) is 23.0 Å². The predicted octanol–water partition coefficient (Wildman–Crippen LogP) is 3.33. The van der Waals surface area contributed by atoms with Crippen LogP contribution in [0.4, 0.5) is 0 Å². The Kier molecular flexibility index (Phi) is 5.94. The molecule has 0 radical (unpaired) electrons. The number of fused-ring (bicyclic) bond motifs is 1. The summed E-state index contributed by atoms with van der Waals surface area (Å²) in [5, 5.41) is 1.15. The second kappa shape index (κ2) is 8.78. The standard InChI is InChI=1S/C22H24N4O2S/c1-16-7-4-5-12-25(16)20(27)15-29-22-24-19-10-3-2-9-18(19)21(28)26(22)14-17-8-6-11-23-13-17/h2-3,6,8-11,13,16H,4-5,7,12,14-15H2,1H3. The van der Waals surface area contributed by atoms with E-state index in [0.29, 0.717) is 22.6 Å². The first kappa shape index (κ1) is 19.6. The molecular formula is C22H24N4O2S. The van der Waals surface area contributed by atoms with Gasteiger partial charge in [0.15, 0.2) is 5.16 Å². The van der Waals surface area contributed by atoms with Crippen molar-refractivity contribution >= 4 is 28.6 Å². The van der Waals surface area contributed by atoms with Crippen LogP contribution in [0.15, 0.2) is 58.7 Å². The molecule has 2 aromatic heterocycles. The topological polar surface area (TPSA) is 68.1 Å². The third-order valence-corrected chi connectivity index (χ3v) is 6.30. The molecule has 0 spiro atoms. The lowest BCUT2D eigenvalue weighted by atomic mass is 10.0. The van der Waals surface area contributed by atoms with Crippen molar-refractivity contribution in [1.29, 1.82) is 0 Å². The average molecular weight is 409 g/mol. The van der Waals surface area contributed by atoms with Crippen LogP contribution >= 0.6 is 11.8 Å². The first-order valence-electron chi connectivity index (χ1n) is 9.94. The Morgan fingerprint density at radius 1 is 1.21 bits per heavy atom. The molecule has 1 saturated heterocycles. The molecule has 150 valence electrons. The molecule has 0 N–H and O–H groups in total. The van der Waals surface area contributed by atoms with Crippen molar-refractivity contribution in [3.8, 4) is 0 Å². The van der Waals surface area contributed by atoms with E-state index < -0.39 is 0 Å². The van der Waals surface area contributed by atoms with E-state index in [1.807, 2.05) is 35.2 Å². The minimum atomic E-state index is -0.0965. The zero-order valence-corrected chi connectivity index (χ0v) is 17.3. The Balaban J connectivity index is 1.64. The van der Waals surface area contributed by atoms with Gasteiger partial charge in [-0.1, -0.05) is 30.0 Å². The monoisotopic (exact) mass is 408 g/mol. The molecule has 0 aliphatic carbocycles. The molecule has 1 atom stereocenters. The summed E-state index contributed by atoms with van der Waals surface area (Å²) in [7, 11) is 0. The Bertz CT molecular complexity index is 1070. The SMILES string of the molecule is CC1CCCCN1C(=O)CSc1nc2ccccc2c(=O)n1Cc1cccnc1. The number of amides is 1. The molecule has 1 aromatic carbocycles. The van der Waals surface area contributed by atoms with E-state index in [9.17, 15) is 9.59 Å². The molecule has 0 saturated carbocycles. The normalized spacial score (nSPS) is 16.9. The highest BCUT2D eigenvalue weighted by Gasteiger charge is 2.23. The largest absolute Gasteiger partial charge is 0.339 e. The van der Waals surface area contributed by atoms with Gasteiger partial charge in [-0.15, -0.1) is 0 Å². The molecule has 7 heteroatoms. The molecule has 1 amide bonds. The number of rotatable bonds is 5. The maximum Gasteiger partial charge on any atom is 0.262 e. The van der Waals surface area contributed by atoms with Gasteiger partial charge in [-0.3, -0.25) is 19.1 Å². The van der Waals surface area contributed by atoms with Gasteiger partial charge in [0, 0.05) is 25.0 Å². The van der Waals surface area contributed by atoms with Gasteiger partial charge in [-0.05, 0) is 49.9 Å². The maximum atomic E-state index is 13.1. The quantitative estimate of drug-likeness (QED) is 0.478. The van der Waals surface area contributed by atoms with E-state index in [4.69, 9.17) is 4.98 Å². The van der Waals surface area contributed by atoms with E-state index in [-0.39, 0.29) is 23.3 Å². The Labute approximate surface area is 174 Å². The third-order valence-electron chi connectivity index (χ3n) is 5.34. The fraction of sp³-hybridized carbons (Fsp3) is 0.364. The smallest absolute Gasteiger partial charge is 0.262 e. The molecule has 1 aliphatic heterocycles. The van der Waals surface area contributed by atoms with Gasteiger partial charge < -0.3 is 4.90 Å². The fourth-order valence-corrected chi connectivity index (χ4v) is 4.63. The first-order valence-corrected chi connectivity index (χ1v) is 10.9. The number of nitrogens with zero attached hydrogens (tertiary/aromatic N) is 4. The number of piperidine rings is 1. The van der Waals surface area contributed by atoms with Gasteiger partial charge in [0.2, 0.25) is 5.91 Å². The molecule has 1 fully saturated rings. The van der Waals surface area contributed by atoms with E-state index in [2.05, 4.69) is 11.9 Å². The lowest BCUT2D eigenvalue weighted by molar-refractivity contribution is -0.131. The molecule has 6 nitrogen and oxygen atoms in total. The molecule has 3 heterocycles. The van der Waals surface area contributed by atoms with Crippen LogP contribution in [0.5, 0.6) is 0 Å². The van der Waals surface area contributed by atoms with Gasteiger partial charge in [-0.25, -0.2) is 4.98 Å². The predicted molar refractivity (Wildman–Crippen MR) is 115 cm³/mol. The highest BCUT2D eigenvalue weighted by atomic mass is 32.2. The van der Waals surface area contributed by atoms with Gasteiger partial charge >= 0.3 is 0 Å². The number of benzene rings is 1. The number of pyridine rings is 1. The van der Waals surface area contributed by atoms with E-state index in [0.717, 1.165) is 24.9 Å². The summed E-state index contributed by atoms with van der Waals surface area (Å²) in [6.45, 7) is 3.30. The maximum absolute atomic E-state index is 13.1. The Hall–Kier alpha value is -2.67. The van der Waals surface area contributed by atoms with Crippen LogP contribution < -0.4 is 5.56 Å². The Morgan fingerprint density at radius 2 is 2.07 bits per heavy atom. The van der Waals surface area contributed by atoms with Crippen molar-refractivity contribution in [2.24, 2.45) is 0 Å². The summed E-state index contributed by atoms with van der Waals surface area (Å²) < 4.78 is 1.65. The van der Waals surface area contributed by atoms with Gasteiger partial charge in [0.25, 0.3) is 5.56 Å². The van der Waals surface area contributed by atoms with Gasteiger partial charge in [0.1, 0.15) is 0 Å². The molecule has 3 aromatic rings. The van der Waals surface area contributed by atoms with Crippen LogP contribution in [-0.4, -0.2) is 43.7 Å². The summed E-state index contributed by atoms with van der Waals surface area (Å²) in [4.78, 5) is 36.7. The van der Waals surface area contributed by atoms with Crippen LogP contribution in [0, 0.1) is 0 Å². The van der Waals surface area contributed by atoms with E-state index >= 15 is 0 Å². The molecule has 4 rings (SSSR count). The number of hydrogen-bond acceptors (Lipinski definition) is 5.